The highest BCUT2D eigenvalue weighted by Crippen LogP contribution is 2.06. The summed E-state index contributed by atoms with van der Waals surface area (Å²) in [6.07, 6.45) is 1.79. The minimum absolute atomic E-state index is 0.0318. The number of aliphatic carboxylic acids is 1. The minimum atomic E-state index is -1.05. The first kappa shape index (κ1) is 22.3. The fourth-order valence-corrected chi connectivity index (χ4v) is 2.24. The van der Waals surface area contributed by atoms with Gasteiger partial charge < -0.3 is 21.9 Å². The number of rotatable bonds is 12. The Morgan fingerprint density at radius 2 is 1.88 bits per heavy atom. The van der Waals surface area contributed by atoms with Crippen LogP contribution in [0.4, 0.5) is 0 Å². The summed E-state index contributed by atoms with van der Waals surface area (Å²) in [5.74, 6) is -1.43. The van der Waals surface area contributed by atoms with Gasteiger partial charge in [-0.2, -0.15) is 0 Å². The predicted molar refractivity (Wildman–Crippen MR) is 90.7 cm³/mol. The van der Waals surface area contributed by atoms with Crippen LogP contribution in [0.5, 0.6) is 0 Å². The number of amides is 2. The summed E-state index contributed by atoms with van der Waals surface area (Å²) in [5, 5.41) is 12.6. The number of nitrogens with zero attached hydrogens (tertiary/aromatic N) is 1. The monoisotopic (exact) mass is 345 g/mol. The zero-order valence-electron chi connectivity index (χ0n) is 14.7. The van der Waals surface area contributed by atoms with Crippen molar-refractivity contribution in [1.82, 2.24) is 15.8 Å². The largest absolute Gasteiger partial charge is 0.480 e. The average Bonchev–Trinajstić information content (AvgIpc) is 2.42. The first-order valence-corrected chi connectivity index (χ1v) is 8.14. The Morgan fingerprint density at radius 1 is 1.25 bits per heavy atom. The summed E-state index contributed by atoms with van der Waals surface area (Å²) < 4.78 is 0. The predicted octanol–water partition coefficient (Wildman–Crippen LogP) is -0.979. The number of carbonyl (C=O) groups is 3. The van der Waals surface area contributed by atoms with Crippen LogP contribution in [0, 0.1) is 5.92 Å². The Morgan fingerprint density at radius 3 is 2.38 bits per heavy atom. The van der Waals surface area contributed by atoms with Crippen molar-refractivity contribution >= 4 is 17.8 Å². The van der Waals surface area contributed by atoms with Crippen molar-refractivity contribution in [3.63, 3.8) is 0 Å². The smallest absolute Gasteiger partial charge is 0.319 e. The third kappa shape index (κ3) is 10.9. The van der Waals surface area contributed by atoms with Gasteiger partial charge in [0.1, 0.15) is 6.54 Å². The lowest BCUT2D eigenvalue weighted by Crippen LogP contribution is -2.49. The lowest BCUT2D eigenvalue weighted by molar-refractivity contribution is -0.139. The molecular weight excluding hydrogens is 314 g/mol. The molecule has 0 radical (unpaired) electrons. The van der Waals surface area contributed by atoms with Gasteiger partial charge in [-0.05, 0) is 31.7 Å². The molecule has 0 unspecified atom stereocenters. The minimum Gasteiger partial charge on any atom is -0.480 e. The van der Waals surface area contributed by atoms with E-state index in [4.69, 9.17) is 16.6 Å². The van der Waals surface area contributed by atoms with Gasteiger partial charge in [0.05, 0.1) is 6.04 Å². The van der Waals surface area contributed by atoms with E-state index in [0.717, 1.165) is 0 Å². The lowest BCUT2D eigenvalue weighted by atomic mass is 10.0. The van der Waals surface area contributed by atoms with Crippen LogP contribution in [0.2, 0.25) is 0 Å². The Kier molecular flexibility index (Phi) is 10.9. The van der Waals surface area contributed by atoms with E-state index in [0.29, 0.717) is 31.7 Å². The summed E-state index contributed by atoms with van der Waals surface area (Å²) in [5.41, 5.74) is 13.8. The molecule has 0 aliphatic carbocycles. The number of hydrazine groups is 1. The number of nitrogens with two attached hydrogens (primary N) is 2. The second-order valence-electron chi connectivity index (χ2n) is 6.36. The summed E-state index contributed by atoms with van der Waals surface area (Å²) in [6, 6.07) is -1.01. The molecule has 0 aromatic rings. The Bertz CT molecular complexity index is 417. The van der Waals surface area contributed by atoms with Crippen molar-refractivity contribution in [2.24, 2.45) is 17.4 Å². The average molecular weight is 345 g/mol. The molecular formula is C15H31N5O4. The maximum atomic E-state index is 12.1. The molecule has 0 saturated heterocycles. The van der Waals surface area contributed by atoms with Gasteiger partial charge in [0.15, 0.2) is 0 Å². The van der Waals surface area contributed by atoms with E-state index in [2.05, 4.69) is 10.7 Å². The van der Waals surface area contributed by atoms with Crippen LogP contribution in [0.3, 0.4) is 0 Å². The fourth-order valence-electron chi connectivity index (χ4n) is 2.24. The van der Waals surface area contributed by atoms with Crippen molar-refractivity contribution < 1.29 is 19.5 Å². The van der Waals surface area contributed by atoms with Gasteiger partial charge in [0.2, 0.25) is 11.8 Å². The van der Waals surface area contributed by atoms with Crippen LogP contribution in [0.15, 0.2) is 0 Å². The van der Waals surface area contributed by atoms with Crippen LogP contribution in [-0.2, 0) is 14.4 Å². The highest BCUT2D eigenvalue weighted by Gasteiger charge is 2.21. The van der Waals surface area contributed by atoms with Gasteiger partial charge in [0, 0.05) is 19.5 Å². The Balaban J connectivity index is 4.56. The van der Waals surface area contributed by atoms with E-state index in [-0.39, 0.29) is 24.8 Å². The molecule has 2 amide bonds. The first-order valence-electron chi connectivity index (χ1n) is 8.14. The van der Waals surface area contributed by atoms with E-state index < -0.39 is 18.1 Å². The Hall–Kier alpha value is -1.71. The topological polar surface area (TPSA) is 151 Å². The molecule has 9 nitrogen and oxygen atoms in total. The van der Waals surface area contributed by atoms with E-state index in [1.54, 1.807) is 0 Å². The summed E-state index contributed by atoms with van der Waals surface area (Å²) in [4.78, 5) is 34.7. The summed E-state index contributed by atoms with van der Waals surface area (Å²) in [7, 11) is 1.46. The lowest BCUT2D eigenvalue weighted by Gasteiger charge is -2.23. The van der Waals surface area contributed by atoms with Gasteiger partial charge in [-0.3, -0.25) is 19.8 Å². The molecule has 0 aromatic heterocycles. The SMILES string of the molecule is CC(C)C[C@@H](N)C(=O)N[C@H](CCCN)CC(=O)NN(C)CC(=O)O. The van der Waals surface area contributed by atoms with Gasteiger partial charge >= 0.3 is 5.97 Å². The Labute approximate surface area is 143 Å². The molecule has 0 saturated carbocycles. The van der Waals surface area contributed by atoms with E-state index >= 15 is 0 Å². The van der Waals surface area contributed by atoms with Crippen LogP contribution >= 0.6 is 0 Å². The van der Waals surface area contributed by atoms with Gasteiger partial charge in [-0.25, -0.2) is 5.01 Å². The molecule has 24 heavy (non-hydrogen) atoms. The standard InChI is InChI=1S/C15H31N5O4/c1-10(2)7-12(17)15(24)18-11(5-4-6-16)8-13(21)19-20(3)9-14(22)23/h10-12H,4-9,16-17H2,1-3H3,(H,18,24)(H,19,21)(H,22,23)/t11-,12-/m1/s1. The number of hydrogen-bond acceptors (Lipinski definition) is 6. The maximum Gasteiger partial charge on any atom is 0.319 e. The second kappa shape index (κ2) is 11.8. The zero-order valence-corrected chi connectivity index (χ0v) is 14.7. The van der Waals surface area contributed by atoms with Crippen molar-refractivity contribution in [3.05, 3.63) is 0 Å². The molecule has 7 N–H and O–H groups in total. The summed E-state index contributed by atoms with van der Waals surface area (Å²) in [6.45, 7) is 4.09. The molecule has 140 valence electrons. The van der Waals surface area contributed by atoms with Gasteiger partial charge in [-0.1, -0.05) is 13.8 Å². The summed E-state index contributed by atoms with van der Waals surface area (Å²) >= 11 is 0. The van der Waals surface area contributed by atoms with E-state index in [1.165, 1.54) is 12.1 Å². The molecule has 2 atom stereocenters. The normalized spacial score (nSPS) is 13.6. The van der Waals surface area contributed by atoms with Crippen LogP contribution < -0.4 is 22.2 Å². The molecule has 0 fully saturated rings. The first-order chi connectivity index (χ1) is 11.1. The number of carboxylic acids is 1. The molecule has 0 bridgehead atoms. The van der Waals surface area contributed by atoms with Crippen molar-refractivity contribution in [1.29, 1.82) is 0 Å². The molecule has 0 rings (SSSR count). The number of carboxylic acid groups (broad SMARTS) is 1. The molecule has 0 spiro atoms. The van der Waals surface area contributed by atoms with Crippen molar-refractivity contribution in [2.75, 3.05) is 20.1 Å². The zero-order chi connectivity index (χ0) is 18.7. The maximum absolute atomic E-state index is 12.1. The highest BCUT2D eigenvalue weighted by atomic mass is 16.4. The van der Waals surface area contributed by atoms with Crippen molar-refractivity contribution in [2.45, 2.75) is 51.6 Å². The van der Waals surface area contributed by atoms with Crippen LogP contribution in [0.25, 0.3) is 0 Å². The number of carbonyl (C=O) groups excluding carboxylic acids is 2. The molecule has 0 aliphatic heterocycles. The fraction of sp³-hybridized carbons (Fsp3) is 0.800. The number of hydrogen-bond donors (Lipinski definition) is 5. The number of nitrogens with one attached hydrogen (secondary N) is 2. The van der Waals surface area contributed by atoms with E-state index in [1.807, 2.05) is 13.8 Å². The van der Waals surface area contributed by atoms with Gasteiger partial charge in [0.25, 0.3) is 0 Å². The molecule has 0 aliphatic rings. The molecule has 9 heteroatoms. The molecule has 0 heterocycles. The highest BCUT2D eigenvalue weighted by molar-refractivity contribution is 5.83. The third-order valence-corrected chi connectivity index (χ3v) is 3.28. The third-order valence-electron chi connectivity index (χ3n) is 3.28. The quantitative estimate of drug-likeness (QED) is 0.285. The van der Waals surface area contributed by atoms with Crippen molar-refractivity contribution in [3.8, 4) is 0 Å². The van der Waals surface area contributed by atoms with Crippen LogP contribution in [-0.4, -0.2) is 60.1 Å². The van der Waals surface area contributed by atoms with E-state index in [9.17, 15) is 14.4 Å². The molecule has 0 aromatic carbocycles. The number of likely N-dealkylation sites (N-methyl/N-ethyl adjacent to an activating group) is 1. The van der Waals surface area contributed by atoms with Crippen LogP contribution in [0.1, 0.15) is 39.5 Å². The second-order valence-corrected chi connectivity index (χ2v) is 6.36. The van der Waals surface area contributed by atoms with Gasteiger partial charge in [-0.15, -0.1) is 0 Å².